The fourth-order valence-electron chi connectivity index (χ4n) is 2.21. The van der Waals surface area contributed by atoms with Crippen LogP contribution in [0.3, 0.4) is 0 Å². The highest BCUT2D eigenvalue weighted by molar-refractivity contribution is 4.81. The van der Waals surface area contributed by atoms with Crippen LogP contribution in [0.25, 0.3) is 0 Å². The molecule has 2 unspecified atom stereocenters. The molecular formula is C10H21NO. The molecule has 1 rings (SSSR count). The number of nitrogens with zero attached hydrogens (tertiary/aromatic N) is 1. The van der Waals surface area contributed by atoms with E-state index >= 15 is 0 Å². The third-order valence-corrected chi connectivity index (χ3v) is 2.98. The molecule has 2 heteroatoms. The van der Waals surface area contributed by atoms with E-state index in [-0.39, 0.29) is 6.10 Å². The van der Waals surface area contributed by atoms with E-state index in [1.165, 1.54) is 19.3 Å². The average Bonchev–Trinajstić information content (AvgIpc) is 2.10. The van der Waals surface area contributed by atoms with Gasteiger partial charge in [0.05, 0.1) is 6.10 Å². The van der Waals surface area contributed by atoms with Gasteiger partial charge in [0, 0.05) is 6.04 Å². The van der Waals surface area contributed by atoms with Crippen LogP contribution in [-0.2, 0) is 0 Å². The zero-order valence-corrected chi connectivity index (χ0v) is 8.29. The molecule has 0 aromatic rings. The smallest absolute Gasteiger partial charge is 0.0695 e. The topological polar surface area (TPSA) is 23.5 Å². The average molecular weight is 171 g/mol. The molecule has 0 saturated heterocycles. The first-order chi connectivity index (χ1) is 5.79. The molecule has 1 N–H and O–H groups in total. The van der Waals surface area contributed by atoms with Crippen LogP contribution in [0.1, 0.15) is 39.5 Å². The fourth-order valence-corrected chi connectivity index (χ4v) is 2.21. The Morgan fingerprint density at radius 3 is 2.25 bits per heavy atom. The van der Waals surface area contributed by atoms with Gasteiger partial charge in [-0.05, 0) is 25.9 Å². The SMILES string of the molecule is CCN(CC)C1CCCCC1O. The van der Waals surface area contributed by atoms with Crippen molar-refractivity contribution in [3.05, 3.63) is 0 Å². The molecule has 0 aromatic heterocycles. The lowest BCUT2D eigenvalue weighted by Gasteiger charge is -2.36. The van der Waals surface area contributed by atoms with Crippen LogP contribution < -0.4 is 0 Å². The molecule has 0 spiro atoms. The van der Waals surface area contributed by atoms with Crippen LogP contribution in [0.4, 0.5) is 0 Å². The van der Waals surface area contributed by atoms with Crippen molar-refractivity contribution in [1.82, 2.24) is 4.90 Å². The molecule has 0 bridgehead atoms. The highest BCUT2D eigenvalue weighted by atomic mass is 16.3. The first kappa shape index (κ1) is 10.0. The third-order valence-electron chi connectivity index (χ3n) is 2.98. The minimum Gasteiger partial charge on any atom is -0.391 e. The highest BCUT2D eigenvalue weighted by Crippen LogP contribution is 2.22. The second kappa shape index (κ2) is 4.83. The Balaban J connectivity index is 2.45. The largest absolute Gasteiger partial charge is 0.391 e. The summed E-state index contributed by atoms with van der Waals surface area (Å²) in [4.78, 5) is 2.38. The minimum absolute atomic E-state index is 0.0707. The number of hydrogen-bond donors (Lipinski definition) is 1. The molecule has 0 radical (unpaired) electrons. The summed E-state index contributed by atoms with van der Waals surface area (Å²) in [5.41, 5.74) is 0. The molecular weight excluding hydrogens is 150 g/mol. The lowest BCUT2D eigenvalue weighted by Crippen LogP contribution is -2.45. The van der Waals surface area contributed by atoms with Crippen LogP contribution in [-0.4, -0.2) is 35.2 Å². The number of rotatable bonds is 3. The number of hydrogen-bond acceptors (Lipinski definition) is 2. The maximum atomic E-state index is 9.76. The van der Waals surface area contributed by atoms with Crippen molar-refractivity contribution in [3.63, 3.8) is 0 Å². The van der Waals surface area contributed by atoms with Gasteiger partial charge in [0.1, 0.15) is 0 Å². The van der Waals surface area contributed by atoms with E-state index in [2.05, 4.69) is 18.7 Å². The van der Waals surface area contributed by atoms with Crippen molar-refractivity contribution >= 4 is 0 Å². The zero-order chi connectivity index (χ0) is 8.97. The van der Waals surface area contributed by atoms with Gasteiger partial charge in [-0.3, -0.25) is 4.90 Å². The first-order valence-electron chi connectivity index (χ1n) is 5.21. The number of likely N-dealkylation sites (N-methyl/N-ethyl adjacent to an activating group) is 1. The summed E-state index contributed by atoms with van der Waals surface area (Å²) < 4.78 is 0. The number of aliphatic hydroxyl groups excluding tert-OH is 1. The van der Waals surface area contributed by atoms with Gasteiger partial charge in [0.15, 0.2) is 0 Å². The molecule has 0 aliphatic heterocycles. The molecule has 0 aromatic carbocycles. The molecule has 0 heterocycles. The summed E-state index contributed by atoms with van der Waals surface area (Å²) in [6, 6.07) is 0.439. The van der Waals surface area contributed by atoms with E-state index in [0.717, 1.165) is 19.5 Å². The maximum absolute atomic E-state index is 9.76. The third kappa shape index (κ3) is 2.20. The molecule has 12 heavy (non-hydrogen) atoms. The van der Waals surface area contributed by atoms with Crippen LogP contribution in [0.15, 0.2) is 0 Å². The second-order valence-electron chi connectivity index (χ2n) is 3.64. The summed E-state index contributed by atoms with van der Waals surface area (Å²) in [6.45, 7) is 6.48. The van der Waals surface area contributed by atoms with Gasteiger partial charge in [-0.2, -0.15) is 0 Å². The summed E-state index contributed by atoms with van der Waals surface area (Å²) in [6.07, 6.45) is 4.61. The van der Waals surface area contributed by atoms with Gasteiger partial charge in [-0.25, -0.2) is 0 Å². The number of aliphatic hydroxyl groups is 1. The maximum Gasteiger partial charge on any atom is 0.0695 e. The van der Waals surface area contributed by atoms with Gasteiger partial charge < -0.3 is 5.11 Å². The van der Waals surface area contributed by atoms with Crippen LogP contribution in [0.2, 0.25) is 0 Å². The Hall–Kier alpha value is -0.0800. The van der Waals surface area contributed by atoms with Gasteiger partial charge in [0.25, 0.3) is 0 Å². The van der Waals surface area contributed by atoms with Crippen molar-refractivity contribution in [1.29, 1.82) is 0 Å². The lowest BCUT2D eigenvalue weighted by molar-refractivity contribution is 0.0247. The molecule has 0 amide bonds. The molecule has 1 fully saturated rings. The minimum atomic E-state index is -0.0707. The summed E-state index contributed by atoms with van der Waals surface area (Å²) in [7, 11) is 0. The van der Waals surface area contributed by atoms with Crippen LogP contribution in [0.5, 0.6) is 0 Å². The Morgan fingerprint density at radius 2 is 1.75 bits per heavy atom. The molecule has 1 aliphatic carbocycles. The monoisotopic (exact) mass is 171 g/mol. The van der Waals surface area contributed by atoms with Gasteiger partial charge >= 0.3 is 0 Å². The predicted octanol–water partition coefficient (Wildman–Crippen LogP) is 1.63. The Labute approximate surface area is 75.6 Å². The van der Waals surface area contributed by atoms with E-state index in [9.17, 15) is 5.11 Å². The van der Waals surface area contributed by atoms with E-state index in [4.69, 9.17) is 0 Å². The van der Waals surface area contributed by atoms with Crippen molar-refractivity contribution < 1.29 is 5.11 Å². The normalized spacial score (nSPS) is 31.0. The molecule has 72 valence electrons. The van der Waals surface area contributed by atoms with Crippen molar-refractivity contribution in [2.45, 2.75) is 51.7 Å². The summed E-state index contributed by atoms with van der Waals surface area (Å²) in [5, 5.41) is 9.76. The Morgan fingerprint density at radius 1 is 1.17 bits per heavy atom. The van der Waals surface area contributed by atoms with Crippen molar-refractivity contribution in [3.8, 4) is 0 Å². The quantitative estimate of drug-likeness (QED) is 0.697. The van der Waals surface area contributed by atoms with E-state index in [1.54, 1.807) is 0 Å². The van der Waals surface area contributed by atoms with E-state index < -0.39 is 0 Å². The van der Waals surface area contributed by atoms with Gasteiger partial charge in [-0.15, -0.1) is 0 Å². The second-order valence-corrected chi connectivity index (χ2v) is 3.64. The standard InChI is InChI=1S/C10H21NO/c1-3-11(4-2)9-7-5-6-8-10(9)12/h9-10,12H,3-8H2,1-2H3. The van der Waals surface area contributed by atoms with E-state index in [0.29, 0.717) is 6.04 Å². The first-order valence-corrected chi connectivity index (χ1v) is 5.21. The highest BCUT2D eigenvalue weighted by Gasteiger charge is 2.26. The van der Waals surface area contributed by atoms with Crippen molar-refractivity contribution in [2.75, 3.05) is 13.1 Å². The molecule has 2 nitrogen and oxygen atoms in total. The van der Waals surface area contributed by atoms with Crippen LogP contribution in [0, 0.1) is 0 Å². The van der Waals surface area contributed by atoms with Crippen molar-refractivity contribution in [2.24, 2.45) is 0 Å². The zero-order valence-electron chi connectivity index (χ0n) is 8.29. The predicted molar refractivity (Wildman–Crippen MR) is 51.2 cm³/mol. The van der Waals surface area contributed by atoms with Crippen LogP contribution >= 0.6 is 0 Å². The lowest BCUT2D eigenvalue weighted by atomic mass is 9.91. The van der Waals surface area contributed by atoms with Gasteiger partial charge in [-0.1, -0.05) is 26.7 Å². The summed E-state index contributed by atoms with van der Waals surface area (Å²) >= 11 is 0. The molecule has 2 atom stereocenters. The van der Waals surface area contributed by atoms with E-state index in [1.807, 2.05) is 0 Å². The Bertz CT molecular complexity index is 123. The molecule has 1 saturated carbocycles. The summed E-state index contributed by atoms with van der Waals surface area (Å²) in [5.74, 6) is 0. The Kier molecular flexibility index (Phi) is 4.02. The van der Waals surface area contributed by atoms with Gasteiger partial charge in [0.2, 0.25) is 0 Å². The molecule has 1 aliphatic rings. The fraction of sp³-hybridized carbons (Fsp3) is 1.00.